The molecule has 0 saturated heterocycles. The third-order valence-electron chi connectivity index (χ3n) is 17.3. The zero-order valence-electron chi connectivity index (χ0n) is 47.2. The lowest BCUT2D eigenvalue weighted by atomic mass is 9.90. The van der Waals surface area contributed by atoms with Crippen molar-refractivity contribution in [2.24, 2.45) is 0 Å². The maximum absolute atomic E-state index is 2.56. The smallest absolute Gasteiger partial charge is 0.0618 e. The van der Waals surface area contributed by atoms with Gasteiger partial charge in [-0.3, -0.25) is 0 Å². The minimum absolute atomic E-state index is 1.07. The van der Waals surface area contributed by atoms with Gasteiger partial charge in [0.05, 0.1) is 22.7 Å². The summed E-state index contributed by atoms with van der Waals surface area (Å²) < 4.78 is 0. The van der Waals surface area contributed by atoms with Gasteiger partial charge in [0, 0.05) is 44.0 Å². The van der Waals surface area contributed by atoms with Crippen LogP contribution < -0.4 is 9.80 Å². The van der Waals surface area contributed by atoms with Gasteiger partial charge in [-0.1, -0.05) is 291 Å². The van der Waals surface area contributed by atoms with Gasteiger partial charge in [-0.05, 0) is 136 Å². The molecule has 16 aromatic carbocycles. The van der Waals surface area contributed by atoms with Crippen LogP contribution in [0.15, 0.2) is 340 Å². The van der Waals surface area contributed by atoms with Crippen molar-refractivity contribution in [1.82, 2.24) is 0 Å². The number of nitrogens with zero attached hydrogens (tertiary/aromatic N) is 2. The normalized spacial score (nSPS) is 11.5. The molecule has 2 nitrogen and oxygen atoms in total. The largest absolute Gasteiger partial charge is 0.309 e. The Morgan fingerprint density at radius 1 is 0.174 bits per heavy atom. The van der Waals surface area contributed by atoms with E-state index in [1.54, 1.807) is 0 Å². The predicted molar refractivity (Wildman–Crippen MR) is 367 cm³/mol. The van der Waals surface area contributed by atoms with Gasteiger partial charge < -0.3 is 9.80 Å². The zero-order chi connectivity index (χ0) is 56.9. The number of anilines is 6. The van der Waals surface area contributed by atoms with Gasteiger partial charge in [-0.25, -0.2) is 0 Å². The highest BCUT2D eigenvalue weighted by molar-refractivity contribution is 6.29. The molecule has 0 aliphatic carbocycles. The van der Waals surface area contributed by atoms with Crippen LogP contribution in [0.2, 0.25) is 0 Å². The van der Waals surface area contributed by atoms with Crippen LogP contribution in [-0.2, 0) is 0 Å². The molecular formula is C84H56N2. The Morgan fingerprint density at radius 3 is 0.826 bits per heavy atom. The maximum atomic E-state index is 2.56. The molecular weight excluding hydrogens is 1040 g/mol. The van der Waals surface area contributed by atoms with Crippen molar-refractivity contribution in [2.45, 2.75) is 0 Å². The van der Waals surface area contributed by atoms with Crippen LogP contribution in [0.5, 0.6) is 0 Å². The van der Waals surface area contributed by atoms with Crippen LogP contribution in [0.3, 0.4) is 0 Å². The van der Waals surface area contributed by atoms with Crippen molar-refractivity contribution in [3.05, 3.63) is 340 Å². The van der Waals surface area contributed by atoms with Gasteiger partial charge in [-0.2, -0.15) is 0 Å². The first-order valence-electron chi connectivity index (χ1n) is 29.6. The Hall–Kier alpha value is -11.3. The molecule has 0 fully saturated rings. The van der Waals surface area contributed by atoms with E-state index in [0.717, 1.165) is 67.5 Å². The van der Waals surface area contributed by atoms with Crippen molar-refractivity contribution in [2.75, 3.05) is 9.80 Å². The van der Waals surface area contributed by atoms with Gasteiger partial charge in [-0.15, -0.1) is 0 Å². The molecule has 0 aliphatic heterocycles. The predicted octanol–water partition coefficient (Wildman–Crippen LogP) is 23.8. The molecule has 0 unspecified atom stereocenters. The molecule has 0 aliphatic rings. The Balaban J connectivity index is 0.996. The summed E-state index contributed by atoms with van der Waals surface area (Å²) in [5.74, 6) is 0. The van der Waals surface area contributed by atoms with E-state index >= 15 is 0 Å². The number of fused-ring (bicyclic) bond motifs is 2. The minimum Gasteiger partial charge on any atom is -0.309 e. The highest BCUT2D eigenvalue weighted by atomic mass is 15.2. The topological polar surface area (TPSA) is 6.48 Å². The van der Waals surface area contributed by atoms with Gasteiger partial charge in [0.2, 0.25) is 0 Å². The third-order valence-corrected chi connectivity index (χ3v) is 17.3. The number of rotatable bonds is 12. The molecule has 2 heteroatoms. The first-order valence-corrected chi connectivity index (χ1v) is 29.6. The van der Waals surface area contributed by atoms with E-state index in [0.29, 0.717) is 0 Å². The Kier molecular flexibility index (Phi) is 12.6. The van der Waals surface area contributed by atoms with E-state index in [1.165, 1.54) is 87.2 Å². The van der Waals surface area contributed by atoms with Crippen LogP contribution in [0, 0.1) is 0 Å². The fourth-order valence-corrected chi connectivity index (χ4v) is 13.3. The molecule has 0 heterocycles. The average molecular weight is 1090 g/mol. The van der Waals surface area contributed by atoms with Crippen LogP contribution in [0.4, 0.5) is 34.1 Å². The second kappa shape index (κ2) is 21.5. The van der Waals surface area contributed by atoms with E-state index in [4.69, 9.17) is 0 Å². The van der Waals surface area contributed by atoms with Gasteiger partial charge in [0.15, 0.2) is 0 Å². The first kappa shape index (κ1) is 50.4. The van der Waals surface area contributed by atoms with Crippen LogP contribution in [0.1, 0.15) is 0 Å². The highest BCUT2D eigenvalue weighted by Gasteiger charge is 2.28. The molecule has 0 saturated carbocycles. The summed E-state index contributed by atoms with van der Waals surface area (Å²) >= 11 is 0. The van der Waals surface area contributed by atoms with Gasteiger partial charge in [0.25, 0.3) is 0 Å². The summed E-state index contributed by atoms with van der Waals surface area (Å²) in [6, 6.07) is 125. The monoisotopic (exact) mass is 1090 g/mol. The Bertz CT molecular complexity index is 4800. The summed E-state index contributed by atoms with van der Waals surface area (Å²) in [7, 11) is 0. The molecule has 16 rings (SSSR count). The fraction of sp³-hybridized carbons (Fsp3) is 0. The maximum Gasteiger partial charge on any atom is 0.0618 e. The van der Waals surface area contributed by atoms with E-state index < -0.39 is 0 Å². The summed E-state index contributed by atoms with van der Waals surface area (Å²) in [6.45, 7) is 0. The third kappa shape index (κ3) is 8.91. The van der Waals surface area contributed by atoms with E-state index in [2.05, 4.69) is 350 Å². The lowest BCUT2D eigenvalue weighted by Crippen LogP contribution is -2.13. The molecule has 0 spiro atoms. The van der Waals surface area contributed by atoms with Crippen molar-refractivity contribution >= 4 is 88.0 Å². The SMILES string of the molecule is c1ccc(-c2cccc(N(c3c(-c4ccccc4)ccc4ccc(-c5ccccc5)cc34)c3ccc4ccc5c(N(c6cccc(-c7ccccc7)c6)c6c(-c7ccccc7)ccc7ccc(-c8ccccc8)cc67)ccc6ccc3c4c65)c2)cc1. The Morgan fingerprint density at radius 2 is 0.465 bits per heavy atom. The average Bonchev–Trinajstić information content (AvgIpc) is 0.943. The lowest BCUT2D eigenvalue weighted by Gasteiger charge is -2.32. The van der Waals surface area contributed by atoms with E-state index in [-0.39, 0.29) is 0 Å². The standard InChI is InChI=1S/C84H56N2/c1-7-21-57(22-8-1)67-33-19-35-71(53-67)85(83-73(61-29-15-5-16-30-61)47-41-63-37-39-69(55-77(63)83)59-25-11-3-12-26-59)79-51-45-65-44-50-76-80(52-46-66-43-49-75(79)81(65)82(66)76)86(72-36-20-34-68(54-72)58-23-9-2-10-24-58)84-74(62-31-17-6-18-32-62)48-42-64-38-40-70(56-78(64)84)60-27-13-4-14-28-60/h1-56H. The highest BCUT2D eigenvalue weighted by Crippen LogP contribution is 2.53. The molecule has 402 valence electrons. The van der Waals surface area contributed by atoms with Gasteiger partial charge >= 0.3 is 0 Å². The summed E-state index contributed by atoms with van der Waals surface area (Å²) in [6.07, 6.45) is 0. The molecule has 0 bridgehead atoms. The van der Waals surface area contributed by atoms with Crippen molar-refractivity contribution in [1.29, 1.82) is 0 Å². The van der Waals surface area contributed by atoms with E-state index in [9.17, 15) is 0 Å². The number of hydrogen-bond donors (Lipinski definition) is 0. The van der Waals surface area contributed by atoms with E-state index in [1.807, 2.05) is 0 Å². The molecule has 16 aromatic rings. The zero-order valence-corrected chi connectivity index (χ0v) is 47.2. The second-order valence-electron chi connectivity index (χ2n) is 22.4. The molecule has 0 aromatic heterocycles. The molecule has 0 N–H and O–H groups in total. The van der Waals surface area contributed by atoms with Crippen molar-refractivity contribution in [3.8, 4) is 66.8 Å². The van der Waals surface area contributed by atoms with Crippen LogP contribution in [-0.4, -0.2) is 0 Å². The summed E-state index contributed by atoms with van der Waals surface area (Å²) in [5, 5.41) is 11.8. The Labute approximate surface area is 501 Å². The fourth-order valence-electron chi connectivity index (χ4n) is 13.3. The molecule has 86 heavy (non-hydrogen) atoms. The second-order valence-corrected chi connectivity index (χ2v) is 22.4. The minimum atomic E-state index is 1.07. The quantitative estimate of drug-likeness (QED) is 0.113. The van der Waals surface area contributed by atoms with Crippen LogP contribution in [0.25, 0.3) is 121 Å². The van der Waals surface area contributed by atoms with Crippen molar-refractivity contribution < 1.29 is 0 Å². The number of benzene rings is 16. The molecule has 0 atom stereocenters. The lowest BCUT2D eigenvalue weighted by molar-refractivity contribution is 1.31. The molecule has 0 radical (unpaired) electrons. The summed E-state index contributed by atoms with van der Waals surface area (Å²) in [4.78, 5) is 5.12. The molecule has 0 amide bonds. The van der Waals surface area contributed by atoms with Crippen molar-refractivity contribution in [3.63, 3.8) is 0 Å². The first-order chi connectivity index (χ1) is 42.7. The summed E-state index contributed by atoms with van der Waals surface area (Å²) in [5.41, 5.74) is 20.5. The van der Waals surface area contributed by atoms with Gasteiger partial charge in [0.1, 0.15) is 0 Å². The number of hydrogen-bond acceptors (Lipinski definition) is 2. The van der Waals surface area contributed by atoms with Crippen LogP contribution >= 0.6 is 0 Å².